The second kappa shape index (κ2) is 7.66. The number of hydrogen-bond acceptors (Lipinski definition) is 4. The fourth-order valence-corrected chi connectivity index (χ4v) is 2.62. The topological polar surface area (TPSA) is 52.6 Å². The molecule has 4 heteroatoms. The van der Waals surface area contributed by atoms with E-state index >= 15 is 0 Å². The first kappa shape index (κ1) is 17.4. The van der Waals surface area contributed by atoms with E-state index < -0.39 is 0 Å². The summed E-state index contributed by atoms with van der Waals surface area (Å²) in [6.45, 7) is 2.76. The monoisotopic (exact) mass is 346 g/mol. The minimum atomic E-state index is -0.332. The van der Waals surface area contributed by atoms with Crippen LogP contribution in [0.25, 0.3) is 22.3 Å². The minimum absolute atomic E-state index is 0.332. The molecule has 3 aromatic carbocycles. The number of hydrogen-bond donors (Lipinski definition) is 0. The zero-order valence-corrected chi connectivity index (χ0v) is 14.6. The van der Waals surface area contributed by atoms with E-state index in [4.69, 9.17) is 9.47 Å². The molecule has 0 aliphatic heterocycles. The lowest BCUT2D eigenvalue weighted by molar-refractivity contribution is -0.132. The Morgan fingerprint density at radius 2 is 0.731 bits per heavy atom. The molecule has 0 saturated carbocycles. The molecule has 0 saturated heterocycles. The summed E-state index contributed by atoms with van der Waals surface area (Å²) in [5, 5.41) is 0. The Morgan fingerprint density at radius 1 is 0.500 bits per heavy atom. The van der Waals surface area contributed by atoms with E-state index in [2.05, 4.69) is 0 Å². The summed E-state index contributed by atoms with van der Waals surface area (Å²) in [6.07, 6.45) is 0. The van der Waals surface area contributed by atoms with Gasteiger partial charge in [-0.25, -0.2) is 0 Å². The SMILES string of the molecule is CC(=O)Oc1ccc(-c2ccc(-c3ccc(OC(C)=O)cc3)cc2)cc1. The molecule has 26 heavy (non-hydrogen) atoms. The van der Waals surface area contributed by atoms with Gasteiger partial charge in [-0.3, -0.25) is 9.59 Å². The highest BCUT2D eigenvalue weighted by Gasteiger charge is 2.04. The van der Waals surface area contributed by atoms with Gasteiger partial charge >= 0.3 is 11.9 Å². The third-order valence-electron chi connectivity index (χ3n) is 3.78. The van der Waals surface area contributed by atoms with Crippen molar-refractivity contribution < 1.29 is 19.1 Å². The normalized spacial score (nSPS) is 10.2. The molecule has 3 aromatic rings. The minimum Gasteiger partial charge on any atom is -0.427 e. The van der Waals surface area contributed by atoms with Gasteiger partial charge in [-0.05, 0) is 46.5 Å². The molecule has 0 atom stereocenters. The molecule has 4 nitrogen and oxygen atoms in total. The van der Waals surface area contributed by atoms with Crippen LogP contribution in [0.3, 0.4) is 0 Å². The Kier molecular flexibility index (Phi) is 5.13. The average Bonchev–Trinajstić information content (AvgIpc) is 2.62. The molecule has 0 spiro atoms. The molecule has 0 N–H and O–H groups in total. The summed E-state index contributed by atoms with van der Waals surface area (Å²) in [7, 11) is 0. The van der Waals surface area contributed by atoms with Crippen LogP contribution in [0.1, 0.15) is 13.8 Å². The van der Waals surface area contributed by atoms with E-state index in [0.29, 0.717) is 11.5 Å². The van der Waals surface area contributed by atoms with Crippen molar-refractivity contribution >= 4 is 11.9 Å². The third kappa shape index (κ3) is 4.36. The van der Waals surface area contributed by atoms with Crippen LogP contribution in [0, 0.1) is 0 Å². The van der Waals surface area contributed by atoms with Crippen molar-refractivity contribution in [3.05, 3.63) is 72.8 Å². The Labute approximate surface area is 152 Å². The predicted octanol–water partition coefficient (Wildman–Crippen LogP) is 4.87. The summed E-state index contributed by atoms with van der Waals surface area (Å²) < 4.78 is 10.1. The molecule has 0 aliphatic carbocycles. The van der Waals surface area contributed by atoms with Crippen LogP contribution < -0.4 is 9.47 Å². The number of rotatable bonds is 4. The van der Waals surface area contributed by atoms with E-state index in [0.717, 1.165) is 22.3 Å². The van der Waals surface area contributed by atoms with Crippen LogP contribution in [0.15, 0.2) is 72.8 Å². The molecule has 0 amide bonds. The lowest BCUT2D eigenvalue weighted by Crippen LogP contribution is -2.00. The number of ether oxygens (including phenoxy) is 2. The van der Waals surface area contributed by atoms with Crippen LogP contribution in [-0.4, -0.2) is 11.9 Å². The van der Waals surface area contributed by atoms with Crippen LogP contribution in [0.5, 0.6) is 11.5 Å². The molecular formula is C22H18O4. The second-order valence-corrected chi connectivity index (χ2v) is 5.81. The maximum absolute atomic E-state index is 11.0. The van der Waals surface area contributed by atoms with Crippen molar-refractivity contribution in [3.8, 4) is 33.8 Å². The van der Waals surface area contributed by atoms with Gasteiger partial charge in [0.05, 0.1) is 0 Å². The fourth-order valence-electron chi connectivity index (χ4n) is 2.62. The molecule has 0 radical (unpaired) electrons. The molecule has 0 aromatic heterocycles. The van der Waals surface area contributed by atoms with E-state index in [1.165, 1.54) is 13.8 Å². The van der Waals surface area contributed by atoms with Crippen LogP contribution in [-0.2, 0) is 9.59 Å². The second-order valence-electron chi connectivity index (χ2n) is 5.81. The van der Waals surface area contributed by atoms with Gasteiger partial charge in [0.2, 0.25) is 0 Å². The summed E-state index contributed by atoms with van der Waals surface area (Å²) in [4.78, 5) is 21.9. The molecule has 0 heterocycles. The van der Waals surface area contributed by atoms with Crippen molar-refractivity contribution in [3.63, 3.8) is 0 Å². The number of carbonyl (C=O) groups excluding carboxylic acids is 2. The van der Waals surface area contributed by atoms with Gasteiger partial charge in [0.25, 0.3) is 0 Å². The van der Waals surface area contributed by atoms with Crippen molar-refractivity contribution in [2.75, 3.05) is 0 Å². The van der Waals surface area contributed by atoms with Crippen molar-refractivity contribution in [1.29, 1.82) is 0 Å². The molecule has 3 rings (SSSR count). The number of benzene rings is 3. The van der Waals surface area contributed by atoms with E-state index in [-0.39, 0.29) is 11.9 Å². The Hall–Kier alpha value is -3.40. The third-order valence-corrected chi connectivity index (χ3v) is 3.78. The Balaban J connectivity index is 1.75. The first-order chi connectivity index (χ1) is 12.5. The lowest BCUT2D eigenvalue weighted by Gasteiger charge is -2.07. The first-order valence-electron chi connectivity index (χ1n) is 8.19. The first-order valence-corrected chi connectivity index (χ1v) is 8.19. The highest BCUT2D eigenvalue weighted by molar-refractivity contribution is 5.73. The molecule has 130 valence electrons. The Morgan fingerprint density at radius 3 is 0.962 bits per heavy atom. The number of esters is 2. The largest absolute Gasteiger partial charge is 0.427 e. The molecule has 0 bridgehead atoms. The van der Waals surface area contributed by atoms with E-state index in [9.17, 15) is 9.59 Å². The van der Waals surface area contributed by atoms with Gasteiger partial charge in [0, 0.05) is 13.8 Å². The smallest absolute Gasteiger partial charge is 0.308 e. The van der Waals surface area contributed by atoms with Crippen LogP contribution in [0.4, 0.5) is 0 Å². The maximum atomic E-state index is 11.0. The van der Waals surface area contributed by atoms with Gasteiger partial charge in [-0.15, -0.1) is 0 Å². The van der Waals surface area contributed by atoms with Crippen LogP contribution in [0.2, 0.25) is 0 Å². The van der Waals surface area contributed by atoms with Crippen LogP contribution >= 0.6 is 0 Å². The fraction of sp³-hybridized carbons (Fsp3) is 0.0909. The number of carbonyl (C=O) groups is 2. The molecule has 0 unspecified atom stereocenters. The van der Waals surface area contributed by atoms with Crippen molar-refractivity contribution in [1.82, 2.24) is 0 Å². The summed E-state index contributed by atoms with van der Waals surface area (Å²) in [5.74, 6) is 0.403. The molecule has 0 fully saturated rings. The van der Waals surface area contributed by atoms with Gasteiger partial charge in [-0.1, -0.05) is 48.5 Å². The molecule has 0 aliphatic rings. The highest BCUT2D eigenvalue weighted by Crippen LogP contribution is 2.27. The average molecular weight is 346 g/mol. The van der Waals surface area contributed by atoms with Crippen molar-refractivity contribution in [2.24, 2.45) is 0 Å². The maximum Gasteiger partial charge on any atom is 0.308 e. The van der Waals surface area contributed by atoms with Gasteiger partial charge in [0.1, 0.15) is 11.5 Å². The molecular weight excluding hydrogens is 328 g/mol. The van der Waals surface area contributed by atoms with E-state index in [1.54, 1.807) is 24.3 Å². The standard InChI is InChI=1S/C22H18O4/c1-15(23)25-21-11-7-19(8-12-21)17-3-5-18(6-4-17)20-9-13-22(14-10-20)26-16(2)24/h3-14H,1-2H3. The van der Waals surface area contributed by atoms with Crippen molar-refractivity contribution in [2.45, 2.75) is 13.8 Å². The van der Waals surface area contributed by atoms with Gasteiger partial charge in [0.15, 0.2) is 0 Å². The predicted molar refractivity (Wildman–Crippen MR) is 99.9 cm³/mol. The highest BCUT2D eigenvalue weighted by atomic mass is 16.5. The summed E-state index contributed by atoms with van der Waals surface area (Å²) in [5.41, 5.74) is 4.22. The summed E-state index contributed by atoms with van der Waals surface area (Å²) in [6, 6.07) is 22.9. The Bertz CT molecular complexity index is 829. The summed E-state index contributed by atoms with van der Waals surface area (Å²) >= 11 is 0. The zero-order valence-electron chi connectivity index (χ0n) is 14.6. The quantitative estimate of drug-likeness (QED) is 0.499. The lowest BCUT2D eigenvalue weighted by atomic mass is 10.0. The van der Waals surface area contributed by atoms with Gasteiger partial charge in [-0.2, -0.15) is 0 Å². The van der Waals surface area contributed by atoms with E-state index in [1.807, 2.05) is 48.5 Å². The van der Waals surface area contributed by atoms with Gasteiger partial charge < -0.3 is 9.47 Å². The zero-order chi connectivity index (χ0) is 18.5.